The summed E-state index contributed by atoms with van der Waals surface area (Å²) in [6.45, 7) is 0. The summed E-state index contributed by atoms with van der Waals surface area (Å²) in [4.78, 5) is 21.5. The molecule has 15 heteroatoms. The molecular formula is C20H11F3N10OS. The van der Waals surface area contributed by atoms with E-state index < -0.39 is 23.3 Å². The number of aromatic nitrogens is 7. The number of anilines is 1. The number of amides is 1. The van der Waals surface area contributed by atoms with E-state index in [1.54, 1.807) is 18.2 Å². The van der Waals surface area contributed by atoms with Crippen LogP contribution >= 0.6 is 11.3 Å². The van der Waals surface area contributed by atoms with Gasteiger partial charge in [0, 0.05) is 5.56 Å². The highest BCUT2D eigenvalue weighted by Gasteiger charge is 2.43. The molecule has 0 radical (unpaired) electrons. The highest BCUT2D eigenvalue weighted by atomic mass is 32.1. The fourth-order valence-electron chi connectivity index (χ4n) is 3.52. The molecule has 5 rings (SSSR count). The molecule has 35 heavy (non-hydrogen) atoms. The minimum Gasteiger partial charge on any atom is -0.375 e. The number of nitriles is 1. The predicted molar refractivity (Wildman–Crippen MR) is 118 cm³/mol. The highest BCUT2D eigenvalue weighted by molar-refractivity contribution is 7.22. The lowest BCUT2D eigenvalue weighted by molar-refractivity contribution is -0.143. The molecular weight excluding hydrogens is 485 g/mol. The van der Waals surface area contributed by atoms with E-state index in [0.29, 0.717) is 14.9 Å². The van der Waals surface area contributed by atoms with Gasteiger partial charge in [0.15, 0.2) is 16.5 Å². The molecule has 0 saturated heterocycles. The molecule has 11 nitrogen and oxygen atoms in total. The minimum atomic E-state index is -5.01. The average Bonchev–Trinajstić information content (AvgIpc) is 3.54. The van der Waals surface area contributed by atoms with Gasteiger partial charge in [0.25, 0.3) is 5.91 Å². The third kappa shape index (κ3) is 3.71. The Balaban J connectivity index is 1.79. The molecule has 0 bridgehead atoms. The number of nitrogens with zero attached hydrogens (tertiary/aromatic N) is 8. The highest BCUT2D eigenvalue weighted by Crippen LogP contribution is 2.41. The maximum absolute atomic E-state index is 14.3. The van der Waals surface area contributed by atoms with Crippen LogP contribution in [0.3, 0.4) is 0 Å². The number of hydrogen-bond donors (Lipinski definition) is 2. The van der Waals surface area contributed by atoms with Crippen LogP contribution in [0.5, 0.6) is 0 Å². The van der Waals surface area contributed by atoms with Crippen LogP contribution in [0.4, 0.5) is 18.3 Å². The van der Waals surface area contributed by atoms with Crippen molar-refractivity contribution in [3.8, 4) is 28.7 Å². The first-order valence-corrected chi connectivity index (χ1v) is 10.4. The number of carbonyl (C=O) groups excluding carboxylic acids is 1. The first-order chi connectivity index (χ1) is 16.7. The minimum absolute atomic E-state index is 0.000647. The number of thiazole rings is 1. The maximum atomic E-state index is 14.3. The van der Waals surface area contributed by atoms with Crippen molar-refractivity contribution < 1.29 is 18.0 Å². The second-order valence-electron chi connectivity index (χ2n) is 7.08. The summed E-state index contributed by atoms with van der Waals surface area (Å²) < 4.78 is 43.9. The summed E-state index contributed by atoms with van der Waals surface area (Å²) in [7, 11) is 0. The van der Waals surface area contributed by atoms with Gasteiger partial charge in [-0.3, -0.25) is 9.78 Å². The topological polar surface area (TPSA) is 167 Å². The first kappa shape index (κ1) is 22.0. The number of nitrogen functional groups attached to an aromatic ring is 1. The molecule has 0 unspecified atom stereocenters. The molecule has 0 atom stereocenters. The molecule has 4 N–H and O–H groups in total. The summed E-state index contributed by atoms with van der Waals surface area (Å²) in [6.07, 6.45) is -1.41. The Labute approximate surface area is 197 Å². The lowest BCUT2D eigenvalue weighted by atomic mass is 10.0. The summed E-state index contributed by atoms with van der Waals surface area (Å²) in [5.41, 5.74) is 9.41. The SMILES string of the molecule is N#Cc1cnn(-c2cncc(-n3nc(-c4cccc5nc(N)sc45)c(C(N)=O)c3C(F)(F)F)c2)n1. The van der Waals surface area contributed by atoms with Crippen molar-refractivity contribution in [1.29, 1.82) is 5.26 Å². The molecule has 4 aromatic heterocycles. The fraction of sp³-hybridized carbons (Fsp3) is 0.0500. The summed E-state index contributed by atoms with van der Waals surface area (Å²) in [6, 6.07) is 7.78. The Morgan fingerprint density at radius 3 is 2.60 bits per heavy atom. The van der Waals surface area contributed by atoms with Crippen molar-refractivity contribution >= 4 is 32.6 Å². The molecule has 4 heterocycles. The van der Waals surface area contributed by atoms with Gasteiger partial charge in [0.1, 0.15) is 17.5 Å². The van der Waals surface area contributed by atoms with E-state index in [0.717, 1.165) is 22.3 Å². The van der Waals surface area contributed by atoms with E-state index in [1.807, 2.05) is 0 Å². The van der Waals surface area contributed by atoms with Gasteiger partial charge in [-0.25, -0.2) is 9.67 Å². The van der Waals surface area contributed by atoms with E-state index in [2.05, 4.69) is 25.3 Å². The maximum Gasteiger partial charge on any atom is 0.434 e. The third-order valence-corrected chi connectivity index (χ3v) is 5.81. The van der Waals surface area contributed by atoms with Crippen LogP contribution in [0.15, 0.2) is 42.9 Å². The van der Waals surface area contributed by atoms with Gasteiger partial charge < -0.3 is 11.5 Å². The van der Waals surface area contributed by atoms with Crippen LogP contribution in [0.1, 0.15) is 21.7 Å². The Hall–Kier alpha value is -4.84. The van der Waals surface area contributed by atoms with Crippen molar-refractivity contribution in [3.05, 3.63) is 59.8 Å². The lowest BCUT2D eigenvalue weighted by Gasteiger charge is -2.12. The van der Waals surface area contributed by atoms with Gasteiger partial charge in [-0.1, -0.05) is 23.5 Å². The Kier molecular flexibility index (Phi) is 4.95. The summed E-state index contributed by atoms with van der Waals surface area (Å²) in [5.74, 6) is -1.32. The van der Waals surface area contributed by atoms with Crippen molar-refractivity contribution in [2.24, 2.45) is 5.73 Å². The van der Waals surface area contributed by atoms with Crippen molar-refractivity contribution in [2.75, 3.05) is 5.73 Å². The molecule has 0 saturated carbocycles. The zero-order chi connectivity index (χ0) is 24.9. The average molecular weight is 496 g/mol. The van der Waals surface area contributed by atoms with Gasteiger partial charge in [0.2, 0.25) is 0 Å². The van der Waals surface area contributed by atoms with Crippen molar-refractivity contribution in [3.63, 3.8) is 0 Å². The van der Waals surface area contributed by atoms with Crippen molar-refractivity contribution in [2.45, 2.75) is 6.18 Å². The summed E-state index contributed by atoms with van der Waals surface area (Å²) in [5, 5.41) is 21.1. The first-order valence-electron chi connectivity index (χ1n) is 9.61. The van der Waals surface area contributed by atoms with E-state index in [-0.39, 0.29) is 33.5 Å². The van der Waals surface area contributed by atoms with E-state index in [1.165, 1.54) is 24.5 Å². The lowest BCUT2D eigenvalue weighted by Crippen LogP contribution is -2.21. The second-order valence-corrected chi connectivity index (χ2v) is 8.11. The van der Waals surface area contributed by atoms with E-state index in [9.17, 15) is 18.0 Å². The third-order valence-electron chi connectivity index (χ3n) is 4.88. The van der Waals surface area contributed by atoms with Gasteiger partial charge in [-0.2, -0.15) is 28.6 Å². The van der Waals surface area contributed by atoms with Crippen molar-refractivity contribution in [1.82, 2.24) is 34.7 Å². The van der Waals surface area contributed by atoms with Crippen LogP contribution in [0.25, 0.3) is 32.8 Å². The quantitative estimate of drug-likeness (QED) is 0.383. The molecule has 0 fully saturated rings. The largest absolute Gasteiger partial charge is 0.434 e. The zero-order valence-corrected chi connectivity index (χ0v) is 18.0. The fourth-order valence-corrected chi connectivity index (χ4v) is 4.37. The Bertz CT molecular complexity index is 1660. The molecule has 0 aliphatic rings. The van der Waals surface area contributed by atoms with Crippen LogP contribution in [-0.2, 0) is 6.18 Å². The number of fused-ring (bicyclic) bond motifs is 1. The predicted octanol–water partition coefficient (Wildman–Crippen LogP) is 2.70. The number of carbonyl (C=O) groups is 1. The number of pyridine rings is 1. The number of alkyl halides is 3. The number of benzene rings is 1. The van der Waals surface area contributed by atoms with Crippen LogP contribution in [0, 0.1) is 11.3 Å². The molecule has 1 amide bonds. The van der Waals surface area contributed by atoms with Crippen LogP contribution in [0.2, 0.25) is 0 Å². The molecule has 0 aliphatic heterocycles. The standard InChI is InChI=1S/C20H11F3N10OS/c21-20(22,23)17-14(18(25)34)15(12-2-1-3-13-16(12)35-19(26)29-13)31-32(17)10-4-11(8-27-7-10)33-28-6-9(5-24)30-33/h1-4,6-8H,(H2,25,34)(H2,26,29). The zero-order valence-electron chi connectivity index (χ0n) is 17.2. The number of primary amides is 1. The smallest absolute Gasteiger partial charge is 0.375 e. The van der Waals surface area contributed by atoms with E-state index in [4.69, 9.17) is 16.7 Å². The van der Waals surface area contributed by atoms with Gasteiger partial charge in [-0.05, 0) is 12.1 Å². The van der Waals surface area contributed by atoms with Crippen LogP contribution in [-0.4, -0.2) is 40.6 Å². The van der Waals surface area contributed by atoms with E-state index >= 15 is 0 Å². The number of nitrogens with two attached hydrogens (primary N) is 2. The molecule has 0 spiro atoms. The number of halogens is 3. The van der Waals surface area contributed by atoms with Gasteiger partial charge in [-0.15, -0.1) is 9.90 Å². The summed E-state index contributed by atoms with van der Waals surface area (Å²) >= 11 is 1.04. The van der Waals surface area contributed by atoms with Gasteiger partial charge in [0.05, 0.1) is 40.1 Å². The Morgan fingerprint density at radius 1 is 1.14 bits per heavy atom. The number of hydrogen-bond acceptors (Lipinski definition) is 9. The monoisotopic (exact) mass is 496 g/mol. The Morgan fingerprint density at radius 2 is 1.91 bits per heavy atom. The molecule has 5 aromatic rings. The van der Waals surface area contributed by atoms with Crippen LogP contribution < -0.4 is 11.5 Å². The molecule has 174 valence electrons. The molecule has 0 aliphatic carbocycles. The van der Waals surface area contributed by atoms with Gasteiger partial charge >= 0.3 is 6.18 Å². The second kappa shape index (κ2) is 7.88. The molecule has 1 aromatic carbocycles. The normalized spacial score (nSPS) is 11.6. The number of rotatable bonds is 4.